The van der Waals surface area contributed by atoms with Crippen LogP contribution in [-0.4, -0.2) is 24.5 Å². The molecule has 4 nitrogen and oxygen atoms in total. The zero-order valence-electron chi connectivity index (χ0n) is 8.78. The largest absolute Gasteiger partial charge is 0.573 e. The Hall–Kier alpha value is -1.76. The highest BCUT2D eigenvalue weighted by Gasteiger charge is 2.31. The van der Waals surface area contributed by atoms with Gasteiger partial charge >= 0.3 is 12.3 Å². The second kappa shape index (κ2) is 5.05. The Labute approximate surface area is 95.0 Å². The maximum Gasteiger partial charge on any atom is 0.573 e. The van der Waals surface area contributed by atoms with Crippen LogP contribution < -0.4 is 10.1 Å². The molecule has 1 atom stereocenters. The highest BCUT2D eigenvalue weighted by Crippen LogP contribution is 2.24. The molecule has 0 aliphatic rings. The van der Waals surface area contributed by atoms with Crippen LogP contribution >= 0.6 is 0 Å². The second-order valence-electron chi connectivity index (χ2n) is 3.18. The molecule has 0 spiro atoms. The number of carboxylic acids is 1. The van der Waals surface area contributed by atoms with Crippen LogP contribution in [0.5, 0.6) is 5.75 Å². The van der Waals surface area contributed by atoms with Crippen molar-refractivity contribution in [3.63, 3.8) is 0 Å². The number of halogens is 3. The molecule has 0 amide bonds. The Balaban J connectivity index is 2.84. The van der Waals surface area contributed by atoms with Gasteiger partial charge in [-0.25, -0.2) is 0 Å². The maximum atomic E-state index is 11.9. The van der Waals surface area contributed by atoms with Gasteiger partial charge in [-0.1, -0.05) is 12.1 Å². The lowest BCUT2D eigenvalue weighted by molar-refractivity contribution is -0.274. The third kappa shape index (κ3) is 3.95. The van der Waals surface area contributed by atoms with E-state index in [9.17, 15) is 18.0 Å². The lowest BCUT2D eigenvalue weighted by Crippen LogP contribution is -2.24. The lowest BCUT2D eigenvalue weighted by atomic mass is 10.1. The van der Waals surface area contributed by atoms with E-state index in [2.05, 4.69) is 10.1 Å². The lowest BCUT2D eigenvalue weighted by Gasteiger charge is -2.13. The predicted octanol–water partition coefficient (Wildman–Crippen LogP) is 1.93. The van der Waals surface area contributed by atoms with Crippen molar-refractivity contribution in [1.29, 1.82) is 0 Å². The summed E-state index contributed by atoms with van der Waals surface area (Å²) in [5, 5.41) is 11.3. The van der Waals surface area contributed by atoms with Crippen molar-refractivity contribution in [2.24, 2.45) is 0 Å². The number of rotatable bonds is 4. The Morgan fingerprint density at radius 3 is 2.24 bits per heavy atom. The molecule has 0 aliphatic heterocycles. The molecule has 2 N–H and O–H groups in total. The van der Waals surface area contributed by atoms with Crippen molar-refractivity contribution in [3.8, 4) is 5.75 Å². The number of aliphatic carboxylic acids is 1. The molecule has 1 aromatic rings. The molecule has 1 rings (SSSR count). The van der Waals surface area contributed by atoms with E-state index in [0.717, 1.165) is 12.1 Å². The molecule has 0 saturated carbocycles. The third-order valence-corrected chi connectivity index (χ3v) is 1.98. The highest BCUT2D eigenvalue weighted by atomic mass is 19.4. The fraction of sp³-hybridized carbons (Fsp3) is 0.300. The first-order valence-electron chi connectivity index (χ1n) is 4.59. The van der Waals surface area contributed by atoms with Crippen molar-refractivity contribution in [2.45, 2.75) is 12.4 Å². The van der Waals surface area contributed by atoms with E-state index in [-0.39, 0.29) is 5.75 Å². The minimum Gasteiger partial charge on any atom is -0.480 e. The summed E-state index contributed by atoms with van der Waals surface area (Å²) < 4.78 is 39.3. The summed E-state index contributed by atoms with van der Waals surface area (Å²) >= 11 is 0. The SMILES string of the molecule is CN[C@@H](C(=O)O)c1ccc(OC(F)(F)F)cc1. The topological polar surface area (TPSA) is 58.6 Å². The maximum absolute atomic E-state index is 11.9. The molecule has 0 fully saturated rings. The number of carbonyl (C=O) groups is 1. The first kappa shape index (κ1) is 13.3. The van der Waals surface area contributed by atoms with Gasteiger partial charge in [-0.05, 0) is 24.7 Å². The van der Waals surface area contributed by atoms with Crippen LogP contribution in [0.15, 0.2) is 24.3 Å². The summed E-state index contributed by atoms with van der Waals surface area (Å²) in [6.45, 7) is 0. The number of hydrogen-bond donors (Lipinski definition) is 2. The molecule has 0 unspecified atom stereocenters. The minimum absolute atomic E-state index is 0.342. The van der Waals surface area contributed by atoms with E-state index >= 15 is 0 Å². The zero-order chi connectivity index (χ0) is 13.1. The van der Waals surface area contributed by atoms with Gasteiger partial charge in [0, 0.05) is 0 Å². The summed E-state index contributed by atoms with van der Waals surface area (Å²) in [6, 6.07) is 3.69. The number of hydrogen-bond acceptors (Lipinski definition) is 3. The van der Waals surface area contributed by atoms with Crippen LogP contribution in [0.3, 0.4) is 0 Å². The molecular weight excluding hydrogens is 239 g/mol. The first-order valence-corrected chi connectivity index (χ1v) is 4.59. The quantitative estimate of drug-likeness (QED) is 0.856. The van der Waals surface area contributed by atoms with E-state index in [1.165, 1.54) is 19.2 Å². The van der Waals surface area contributed by atoms with Crippen LogP contribution in [0.2, 0.25) is 0 Å². The number of alkyl halides is 3. The smallest absolute Gasteiger partial charge is 0.480 e. The van der Waals surface area contributed by atoms with Gasteiger partial charge in [-0.15, -0.1) is 13.2 Å². The average Bonchev–Trinajstić information content (AvgIpc) is 2.18. The van der Waals surface area contributed by atoms with E-state index in [0.29, 0.717) is 5.56 Å². The van der Waals surface area contributed by atoms with Crippen molar-refractivity contribution < 1.29 is 27.8 Å². The Bertz CT molecular complexity index is 389. The van der Waals surface area contributed by atoms with E-state index in [1.54, 1.807) is 0 Å². The summed E-state index contributed by atoms with van der Waals surface area (Å²) in [7, 11) is 1.44. The molecule has 1 aromatic carbocycles. The standard InChI is InChI=1S/C10H10F3NO3/c1-14-8(9(15)16)6-2-4-7(5-3-6)17-10(11,12)13/h2-5,8,14H,1H3,(H,15,16)/t8-/m1/s1. The number of ether oxygens (including phenoxy) is 1. The molecule has 7 heteroatoms. The molecule has 0 heterocycles. The van der Waals surface area contributed by atoms with Gasteiger partial charge in [-0.3, -0.25) is 4.79 Å². The number of nitrogens with one attached hydrogen (secondary N) is 1. The fourth-order valence-corrected chi connectivity index (χ4v) is 1.29. The van der Waals surface area contributed by atoms with Crippen LogP contribution in [0.4, 0.5) is 13.2 Å². The van der Waals surface area contributed by atoms with Gasteiger partial charge in [0.05, 0.1) is 0 Å². The van der Waals surface area contributed by atoms with Gasteiger partial charge < -0.3 is 15.2 Å². The van der Waals surface area contributed by atoms with E-state index in [4.69, 9.17) is 5.11 Å². The van der Waals surface area contributed by atoms with Gasteiger partial charge in [-0.2, -0.15) is 0 Å². The Morgan fingerprint density at radius 2 is 1.88 bits per heavy atom. The molecule has 94 valence electrons. The van der Waals surface area contributed by atoms with Crippen molar-refractivity contribution in [3.05, 3.63) is 29.8 Å². The molecule has 0 aromatic heterocycles. The second-order valence-corrected chi connectivity index (χ2v) is 3.18. The van der Waals surface area contributed by atoms with Crippen LogP contribution in [0, 0.1) is 0 Å². The Kier molecular flexibility index (Phi) is 3.95. The molecule has 0 aliphatic carbocycles. The van der Waals surface area contributed by atoms with Crippen molar-refractivity contribution in [2.75, 3.05) is 7.05 Å². The van der Waals surface area contributed by atoms with E-state index < -0.39 is 18.4 Å². The molecule has 0 saturated heterocycles. The third-order valence-electron chi connectivity index (χ3n) is 1.98. The Morgan fingerprint density at radius 1 is 1.35 bits per heavy atom. The van der Waals surface area contributed by atoms with Crippen molar-refractivity contribution >= 4 is 5.97 Å². The number of likely N-dealkylation sites (N-methyl/N-ethyl adjacent to an activating group) is 1. The van der Waals surface area contributed by atoms with Gasteiger partial charge in [0.2, 0.25) is 0 Å². The van der Waals surface area contributed by atoms with Gasteiger partial charge in [0.15, 0.2) is 0 Å². The summed E-state index contributed by atoms with van der Waals surface area (Å²) in [6.07, 6.45) is -4.75. The molecular formula is C10H10F3NO3. The van der Waals surface area contributed by atoms with E-state index in [1.807, 2.05) is 0 Å². The monoisotopic (exact) mass is 249 g/mol. The first-order chi connectivity index (χ1) is 7.83. The van der Waals surface area contributed by atoms with Crippen LogP contribution in [0.1, 0.15) is 11.6 Å². The van der Waals surface area contributed by atoms with Crippen LogP contribution in [0.25, 0.3) is 0 Å². The summed E-state index contributed by atoms with van der Waals surface area (Å²) in [5.74, 6) is -1.50. The predicted molar refractivity (Wildman–Crippen MR) is 52.6 cm³/mol. The summed E-state index contributed by atoms with van der Waals surface area (Å²) in [4.78, 5) is 10.8. The normalized spacial score (nSPS) is 13.2. The zero-order valence-corrected chi connectivity index (χ0v) is 8.78. The van der Waals surface area contributed by atoms with Crippen molar-refractivity contribution in [1.82, 2.24) is 5.32 Å². The van der Waals surface area contributed by atoms with Gasteiger partial charge in [0.25, 0.3) is 0 Å². The van der Waals surface area contributed by atoms with Gasteiger partial charge in [0.1, 0.15) is 11.8 Å². The molecule has 17 heavy (non-hydrogen) atoms. The highest BCUT2D eigenvalue weighted by molar-refractivity contribution is 5.75. The molecule has 0 radical (unpaired) electrons. The fourth-order valence-electron chi connectivity index (χ4n) is 1.29. The summed E-state index contributed by atoms with van der Waals surface area (Å²) in [5.41, 5.74) is 0.342. The number of carboxylic acid groups (broad SMARTS) is 1. The minimum atomic E-state index is -4.75. The number of benzene rings is 1. The average molecular weight is 249 g/mol. The van der Waals surface area contributed by atoms with Crippen LogP contribution in [-0.2, 0) is 4.79 Å². The molecule has 0 bridgehead atoms.